The Labute approximate surface area is 109 Å². The van der Waals surface area contributed by atoms with Gasteiger partial charge >= 0.3 is 0 Å². The van der Waals surface area contributed by atoms with E-state index >= 15 is 0 Å². The van der Waals surface area contributed by atoms with E-state index in [-0.39, 0.29) is 0 Å². The van der Waals surface area contributed by atoms with Crippen molar-refractivity contribution in [3.8, 4) is 0 Å². The molecule has 96 valence electrons. The van der Waals surface area contributed by atoms with Gasteiger partial charge in [0, 0.05) is 18.4 Å². The fourth-order valence-corrected chi connectivity index (χ4v) is 2.81. The Morgan fingerprint density at radius 1 is 1.00 bits per heavy atom. The molecule has 0 unspecified atom stereocenters. The third-order valence-corrected chi connectivity index (χ3v) is 3.92. The molecule has 0 bridgehead atoms. The summed E-state index contributed by atoms with van der Waals surface area (Å²) in [5.41, 5.74) is 4.01. The summed E-state index contributed by atoms with van der Waals surface area (Å²) in [6.07, 6.45) is 12.9. The molecule has 0 atom stereocenters. The molecule has 0 radical (unpaired) electrons. The number of nitrogens with one attached hydrogen (secondary N) is 1. The Morgan fingerprint density at radius 2 is 1.89 bits per heavy atom. The molecule has 0 saturated carbocycles. The second-order valence-corrected chi connectivity index (χ2v) is 5.26. The average Bonchev–Trinajstić information content (AvgIpc) is 2.40. The number of fused-ring (bicyclic) bond motifs is 1. The molecule has 0 amide bonds. The fraction of sp³-hybridized carbons (Fsp3) is 0.600. The van der Waals surface area contributed by atoms with Crippen LogP contribution in [0.5, 0.6) is 0 Å². The van der Waals surface area contributed by atoms with E-state index in [0.717, 1.165) is 38.2 Å². The van der Waals surface area contributed by atoms with Crippen LogP contribution in [-0.2, 0) is 12.8 Å². The van der Waals surface area contributed by atoms with Crippen LogP contribution in [-0.4, -0.2) is 23.1 Å². The van der Waals surface area contributed by atoms with Gasteiger partial charge in [-0.05, 0) is 49.8 Å². The molecule has 2 aliphatic rings. The van der Waals surface area contributed by atoms with Crippen molar-refractivity contribution in [2.45, 2.75) is 44.9 Å². The van der Waals surface area contributed by atoms with Crippen LogP contribution in [0.15, 0.2) is 12.3 Å². The van der Waals surface area contributed by atoms with Gasteiger partial charge in [-0.25, -0.2) is 9.97 Å². The number of hydrogen-bond donors (Lipinski definition) is 1. The van der Waals surface area contributed by atoms with Crippen LogP contribution in [0.3, 0.4) is 0 Å². The zero-order valence-corrected chi connectivity index (χ0v) is 10.9. The van der Waals surface area contributed by atoms with Crippen molar-refractivity contribution < 1.29 is 0 Å². The lowest BCUT2D eigenvalue weighted by molar-refractivity contribution is 0.605. The zero-order valence-electron chi connectivity index (χ0n) is 10.9. The van der Waals surface area contributed by atoms with E-state index in [1.54, 1.807) is 0 Å². The van der Waals surface area contributed by atoms with E-state index < -0.39 is 0 Å². The van der Waals surface area contributed by atoms with Crippen LogP contribution >= 0.6 is 0 Å². The van der Waals surface area contributed by atoms with Crippen molar-refractivity contribution in [3.63, 3.8) is 0 Å². The lowest BCUT2D eigenvalue weighted by atomic mass is 9.98. The first-order valence-electron chi connectivity index (χ1n) is 7.18. The maximum atomic E-state index is 4.83. The van der Waals surface area contributed by atoms with Crippen LogP contribution in [0, 0.1) is 0 Å². The molecule has 3 rings (SSSR count). The van der Waals surface area contributed by atoms with Crippen molar-refractivity contribution >= 4 is 5.57 Å². The summed E-state index contributed by atoms with van der Waals surface area (Å²) in [5, 5.41) is 3.33. The minimum Gasteiger partial charge on any atom is -0.313 e. The van der Waals surface area contributed by atoms with E-state index in [2.05, 4.69) is 22.6 Å². The van der Waals surface area contributed by atoms with E-state index in [1.165, 1.54) is 42.5 Å². The first-order valence-corrected chi connectivity index (χ1v) is 7.18. The summed E-state index contributed by atoms with van der Waals surface area (Å²) in [6.45, 7) is 2.00. The van der Waals surface area contributed by atoms with Gasteiger partial charge in [0.2, 0.25) is 0 Å². The van der Waals surface area contributed by atoms with Gasteiger partial charge < -0.3 is 5.32 Å². The maximum absolute atomic E-state index is 4.83. The molecule has 1 aliphatic carbocycles. The SMILES string of the molecule is C1=C(c2ncc3c(n2)CCCCCC3)CCNC1. The molecule has 1 N–H and O–H groups in total. The van der Waals surface area contributed by atoms with E-state index in [1.807, 2.05) is 0 Å². The predicted octanol–water partition coefficient (Wildman–Crippen LogP) is 2.51. The largest absolute Gasteiger partial charge is 0.313 e. The van der Waals surface area contributed by atoms with Gasteiger partial charge in [0.1, 0.15) is 0 Å². The molecule has 0 saturated heterocycles. The summed E-state index contributed by atoms with van der Waals surface area (Å²) >= 11 is 0. The standard InChI is InChI=1S/C15H21N3/c1-2-4-6-14-13(5-3-1)11-17-15(18-14)12-7-9-16-10-8-12/h7,11,16H,1-6,8-10H2. The molecule has 18 heavy (non-hydrogen) atoms. The third-order valence-electron chi connectivity index (χ3n) is 3.92. The molecule has 3 heteroatoms. The normalized spacial score (nSPS) is 20.6. The van der Waals surface area contributed by atoms with Crippen molar-refractivity contribution in [1.82, 2.24) is 15.3 Å². The smallest absolute Gasteiger partial charge is 0.155 e. The van der Waals surface area contributed by atoms with Gasteiger partial charge in [-0.15, -0.1) is 0 Å². The van der Waals surface area contributed by atoms with Crippen molar-refractivity contribution in [2.24, 2.45) is 0 Å². The van der Waals surface area contributed by atoms with Crippen molar-refractivity contribution in [2.75, 3.05) is 13.1 Å². The van der Waals surface area contributed by atoms with Crippen LogP contribution in [0.25, 0.3) is 5.57 Å². The molecule has 1 aromatic heterocycles. The van der Waals surface area contributed by atoms with Gasteiger partial charge in [0.25, 0.3) is 0 Å². The molecule has 0 spiro atoms. The van der Waals surface area contributed by atoms with Crippen LogP contribution in [0.2, 0.25) is 0 Å². The molecular weight excluding hydrogens is 222 g/mol. The Balaban J connectivity index is 1.88. The molecule has 1 aliphatic heterocycles. The quantitative estimate of drug-likeness (QED) is 0.823. The highest BCUT2D eigenvalue weighted by atomic mass is 14.9. The molecular formula is C15H21N3. The third kappa shape index (κ3) is 2.61. The van der Waals surface area contributed by atoms with E-state index in [9.17, 15) is 0 Å². The first-order chi connectivity index (χ1) is 8.93. The number of aryl methyl sites for hydroxylation is 2. The van der Waals surface area contributed by atoms with Gasteiger partial charge in [-0.2, -0.15) is 0 Å². The Hall–Kier alpha value is -1.22. The Morgan fingerprint density at radius 3 is 2.72 bits per heavy atom. The lowest BCUT2D eigenvalue weighted by Crippen LogP contribution is -2.21. The minimum atomic E-state index is 0.954. The summed E-state index contributed by atoms with van der Waals surface area (Å²) in [6, 6.07) is 0. The van der Waals surface area contributed by atoms with Gasteiger partial charge in [-0.1, -0.05) is 18.9 Å². The topological polar surface area (TPSA) is 37.8 Å². The predicted molar refractivity (Wildman–Crippen MR) is 73.4 cm³/mol. The van der Waals surface area contributed by atoms with Crippen LogP contribution in [0.1, 0.15) is 49.2 Å². The zero-order chi connectivity index (χ0) is 12.2. The van der Waals surface area contributed by atoms with E-state index in [0.29, 0.717) is 0 Å². The number of rotatable bonds is 1. The first kappa shape index (κ1) is 11.8. The molecule has 3 nitrogen and oxygen atoms in total. The summed E-state index contributed by atoms with van der Waals surface area (Å²) in [4.78, 5) is 9.41. The maximum Gasteiger partial charge on any atom is 0.155 e. The Kier molecular flexibility index (Phi) is 3.69. The van der Waals surface area contributed by atoms with Crippen LogP contribution < -0.4 is 5.32 Å². The van der Waals surface area contributed by atoms with Gasteiger partial charge in [0.15, 0.2) is 5.82 Å². The van der Waals surface area contributed by atoms with Crippen molar-refractivity contribution in [3.05, 3.63) is 29.4 Å². The second kappa shape index (κ2) is 5.61. The summed E-state index contributed by atoms with van der Waals surface area (Å²) in [5.74, 6) is 0.968. The molecule has 1 aromatic rings. The molecule has 0 aromatic carbocycles. The Bertz CT molecular complexity index is 451. The summed E-state index contributed by atoms with van der Waals surface area (Å²) in [7, 11) is 0. The highest BCUT2D eigenvalue weighted by Gasteiger charge is 2.13. The highest BCUT2D eigenvalue weighted by molar-refractivity contribution is 5.61. The fourth-order valence-electron chi connectivity index (χ4n) is 2.81. The monoisotopic (exact) mass is 243 g/mol. The van der Waals surface area contributed by atoms with Crippen LogP contribution in [0.4, 0.5) is 0 Å². The van der Waals surface area contributed by atoms with Gasteiger partial charge in [0.05, 0.1) is 0 Å². The number of aromatic nitrogens is 2. The number of hydrogen-bond acceptors (Lipinski definition) is 3. The van der Waals surface area contributed by atoms with Gasteiger partial charge in [-0.3, -0.25) is 0 Å². The highest BCUT2D eigenvalue weighted by Crippen LogP contribution is 2.21. The van der Waals surface area contributed by atoms with E-state index in [4.69, 9.17) is 4.98 Å². The molecule has 0 fully saturated rings. The lowest BCUT2D eigenvalue weighted by Gasteiger charge is -2.16. The second-order valence-electron chi connectivity index (χ2n) is 5.26. The average molecular weight is 243 g/mol. The minimum absolute atomic E-state index is 0.954. The molecule has 2 heterocycles. The summed E-state index contributed by atoms with van der Waals surface area (Å²) < 4.78 is 0. The van der Waals surface area contributed by atoms with Crippen molar-refractivity contribution in [1.29, 1.82) is 0 Å². The number of nitrogens with zero attached hydrogens (tertiary/aromatic N) is 2.